The molecular weight excluding hydrogens is 302 g/mol. The molecule has 3 rings (SSSR count). The number of benzene rings is 1. The number of urea groups is 1. The first kappa shape index (κ1) is 14.7. The SMILES string of the molecule is NC1NC(=O)NC(=O)C1NC(=O)c1ccc(-c2cn[nH]n2)cc1. The summed E-state index contributed by atoms with van der Waals surface area (Å²) in [6.45, 7) is 0. The van der Waals surface area contributed by atoms with Crippen molar-refractivity contribution in [2.45, 2.75) is 12.2 Å². The van der Waals surface area contributed by atoms with Crippen LogP contribution in [-0.4, -0.2) is 45.5 Å². The Morgan fingerprint density at radius 2 is 1.96 bits per heavy atom. The van der Waals surface area contributed by atoms with E-state index in [1.54, 1.807) is 30.5 Å². The highest BCUT2D eigenvalue weighted by molar-refractivity contribution is 6.04. The maximum atomic E-state index is 12.2. The highest BCUT2D eigenvalue weighted by Gasteiger charge is 2.34. The molecule has 10 nitrogen and oxygen atoms in total. The van der Waals surface area contributed by atoms with Gasteiger partial charge in [-0.15, -0.1) is 0 Å². The van der Waals surface area contributed by atoms with Crippen molar-refractivity contribution < 1.29 is 14.4 Å². The molecule has 1 aromatic carbocycles. The second kappa shape index (κ2) is 5.85. The van der Waals surface area contributed by atoms with Crippen molar-refractivity contribution >= 4 is 17.8 Å². The lowest BCUT2D eigenvalue weighted by atomic mass is 10.1. The van der Waals surface area contributed by atoms with Gasteiger partial charge in [-0.1, -0.05) is 12.1 Å². The third-order valence-electron chi connectivity index (χ3n) is 3.32. The fraction of sp³-hybridized carbons (Fsp3) is 0.154. The number of nitrogens with two attached hydrogens (primary N) is 1. The van der Waals surface area contributed by atoms with Crippen LogP contribution in [0.4, 0.5) is 4.79 Å². The number of H-pyrrole nitrogens is 1. The first-order valence-corrected chi connectivity index (χ1v) is 6.68. The van der Waals surface area contributed by atoms with Crippen LogP contribution in [0.25, 0.3) is 11.3 Å². The van der Waals surface area contributed by atoms with E-state index >= 15 is 0 Å². The zero-order valence-corrected chi connectivity index (χ0v) is 11.7. The van der Waals surface area contributed by atoms with Gasteiger partial charge in [-0.2, -0.15) is 15.4 Å². The minimum Gasteiger partial charge on any atom is -0.337 e. The van der Waals surface area contributed by atoms with Gasteiger partial charge in [0.1, 0.15) is 17.9 Å². The highest BCUT2D eigenvalue weighted by Crippen LogP contribution is 2.16. The number of carbonyl (C=O) groups is 3. The minimum atomic E-state index is -1.05. The van der Waals surface area contributed by atoms with Gasteiger partial charge < -0.3 is 16.4 Å². The smallest absolute Gasteiger partial charge is 0.322 e. The van der Waals surface area contributed by atoms with Crippen LogP contribution in [0, 0.1) is 0 Å². The maximum Gasteiger partial charge on any atom is 0.322 e. The second-order valence-electron chi connectivity index (χ2n) is 4.87. The van der Waals surface area contributed by atoms with Crippen LogP contribution in [0.15, 0.2) is 30.5 Å². The normalized spacial score (nSPS) is 20.6. The molecule has 2 aromatic rings. The van der Waals surface area contributed by atoms with Crippen molar-refractivity contribution in [1.29, 1.82) is 0 Å². The lowest BCUT2D eigenvalue weighted by Crippen LogP contribution is -2.69. The topological polar surface area (TPSA) is 155 Å². The number of hydrogen-bond acceptors (Lipinski definition) is 6. The molecule has 118 valence electrons. The van der Waals surface area contributed by atoms with Gasteiger partial charge in [0.25, 0.3) is 11.8 Å². The third-order valence-corrected chi connectivity index (χ3v) is 3.32. The number of aromatic nitrogens is 3. The first-order valence-electron chi connectivity index (χ1n) is 6.68. The van der Waals surface area contributed by atoms with Crippen molar-refractivity contribution in [2.24, 2.45) is 5.73 Å². The van der Waals surface area contributed by atoms with E-state index in [1.807, 2.05) is 5.32 Å². The molecule has 0 bridgehead atoms. The highest BCUT2D eigenvalue weighted by atomic mass is 16.2. The summed E-state index contributed by atoms with van der Waals surface area (Å²) in [6.07, 6.45) is 0.568. The number of nitrogens with one attached hydrogen (secondary N) is 4. The van der Waals surface area contributed by atoms with Crippen molar-refractivity contribution in [3.63, 3.8) is 0 Å². The van der Waals surface area contributed by atoms with E-state index in [-0.39, 0.29) is 0 Å². The van der Waals surface area contributed by atoms with Crippen LogP contribution in [-0.2, 0) is 4.79 Å². The Bertz CT molecular complexity index is 741. The summed E-state index contributed by atoms with van der Waals surface area (Å²) >= 11 is 0. The fourth-order valence-electron chi connectivity index (χ4n) is 2.14. The molecule has 1 aliphatic rings. The van der Waals surface area contributed by atoms with E-state index in [2.05, 4.69) is 26.0 Å². The standard InChI is InChI=1S/C13H13N7O3/c14-10-9(12(22)18-13(23)17-10)16-11(21)7-3-1-6(2-4-7)8-5-15-20-19-8/h1-5,9-10H,14H2,(H,16,21)(H,15,19,20)(H2,17,18,22,23). The molecule has 2 heterocycles. The molecule has 6 N–H and O–H groups in total. The van der Waals surface area contributed by atoms with E-state index in [0.717, 1.165) is 5.56 Å². The zero-order chi connectivity index (χ0) is 16.4. The predicted octanol–water partition coefficient (Wildman–Crippen LogP) is -1.31. The number of rotatable bonds is 3. The number of imide groups is 1. The molecule has 0 spiro atoms. The Kier molecular flexibility index (Phi) is 3.73. The average Bonchev–Trinajstić information content (AvgIpc) is 3.05. The lowest BCUT2D eigenvalue weighted by Gasteiger charge is -2.29. The summed E-state index contributed by atoms with van der Waals surface area (Å²) in [5.41, 5.74) is 7.42. The molecule has 1 aliphatic heterocycles. The quantitative estimate of drug-likeness (QED) is 0.474. The summed E-state index contributed by atoms with van der Waals surface area (Å²) in [4.78, 5) is 35.0. The van der Waals surface area contributed by atoms with E-state index in [4.69, 9.17) is 5.73 Å². The summed E-state index contributed by atoms with van der Waals surface area (Å²) in [6, 6.07) is 4.85. The second-order valence-corrected chi connectivity index (χ2v) is 4.87. The van der Waals surface area contributed by atoms with Gasteiger partial charge >= 0.3 is 6.03 Å². The van der Waals surface area contributed by atoms with Gasteiger partial charge in [0, 0.05) is 11.1 Å². The van der Waals surface area contributed by atoms with Gasteiger partial charge in [-0.25, -0.2) is 4.79 Å². The molecule has 0 aliphatic carbocycles. The third kappa shape index (κ3) is 3.01. The molecule has 1 saturated heterocycles. The number of amides is 4. The van der Waals surface area contributed by atoms with Crippen LogP contribution >= 0.6 is 0 Å². The Morgan fingerprint density at radius 3 is 2.57 bits per heavy atom. The van der Waals surface area contributed by atoms with Crippen molar-refractivity contribution in [1.82, 2.24) is 31.4 Å². The molecule has 1 fully saturated rings. The Hall–Kier alpha value is -3.27. The predicted molar refractivity (Wildman–Crippen MR) is 77.7 cm³/mol. The van der Waals surface area contributed by atoms with Gasteiger partial charge in [-0.3, -0.25) is 14.9 Å². The first-order chi connectivity index (χ1) is 11.0. The molecule has 2 atom stereocenters. The molecule has 0 saturated carbocycles. The fourth-order valence-corrected chi connectivity index (χ4v) is 2.14. The Morgan fingerprint density at radius 1 is 1.22 bits per heavy atom. The van der Waals surface area contributed by atoms with Gasteiger partial charge in [-0.05, 0) is 12.1 Å². The molecule has 0 radical (unpaired) electrons. The summed E-state index contributed by atoms with van der Waals surface area (Å²) in [5.74, 6) is -1.14. The van der Waals surface area contributed by atoms with Crippen LogP contribution in [0.1, 0.15) is 10.4 Å². The van der Waals surface area contributed by atoms with E-state index in [0.29, 0.717) is 11.3 Å². The Balaban J connectivity index is 1.71. The minimum absolute atomic E-state index is 0.342. The van der Waals surface area contributed by atoms with Crippen LogP contribution in [0.3, 0.4) is 0 Å². The number of hydrogen-bond donors (Lipinski definition) is 5. The lowest BCUT2D eigenvalue weighted by molar-refractivity contribution is -0.123. The van der Waals surface area contributed by atoms with E-state index < -0.39 is 30.1 Å². The van der Waals surface area contributed by atoms with Crippen LogP contribution in [0.5, 0.6) is 0 Å². The van der Waals surface area contributed by atoms with Gasteiger partial charge in [0.2, 0.25) is 0 Å². The summed E-state index contributed by atoms with van der Waals surface area (Å²) < 4.78 is 0. The summed E-state index contributed by atoms with van der Waals surface area (Å²) in [7, 11) is 0. The molecule has 10 heteroatoms. The number of nitrogens with zero attached hydrogens (tertiary/aromatic N) is 2. The molecule has 2 unspecified atom stereocenters. The number of aromatic amines is 1. The van der Waals surface area contributed by atoms with Gasteiger partial charge in [0.15, 0.2) is 0 Å². The maximum absolute atomic E-state index is 12.2. The largest absolute Gasteiger partial charge is 0.337 e. The van der Waals surface area contributed by atoms with Crippen LogP contribution < -0.4 is 21.7 Å². The number of carbonyl (C=O) groups excluding carboxylic acids is 3. The Labute approximate surface area is 129 Å². The van der Waals surface area contributed by atoms with E-state index in [1.165, 1.54) is 0 Å². The molecule has 4 amide bonds. The van der Waals surface area contributed by atoms with E-state index in [9.17, 15) is 14.4 Å². The summed E-state index contributed by atoms with van der Waals surface area (Å²) in [5, 5.41) is 17.0. The van der Waals surface area contributed by atoms with Crippen molar-refractivity contribution in [3.8, 4) is 11.3 Å². The molecular formula is C13H13N7O3. The molecule has 23 heavy (non-hydrogen) atoms. The van der Waals surface area contributed by atoms with Crippen molar-refractivity contribution in [2.75, 3.05) is 0 Å². The van der Waals surface area contributed by atoms with Crippen molar-refractivity contribution in [3.05, 3.63) is 36.0 Å². The monoisotopic (exact) mass is 315 g/mol. The molecule has 1 aromatic heterocycles. The average molecular weight is 315 g/mol. The zero-order valence-electron chi connectivity index (χ0n) is 11.7. The van der Waals surface area contributed by atoms with Gasteiger partial charge in [0.05, 0.1) is 6.20 Å². The van der Waals surface area contributed by atoms with Crippen LogP contribution in [0.2, 0.25) is 0 Å².